The first-order valence-corrected chi connectivity index (χ1v) is 6.64. The number of nitrogens with zero attached hydrogens (tertiary/aromatic N) is 1. The Kier molecular flexibility index (Phi) is 3.05. The predicted molar refractivity (Wildman–Crippen MR) is 63.9 cm³/mol. The third kappa shape index (κ3) is 2.25. The Morgan fingerprint density at radius 1 is 1.57 bits per heavy atom. The van der Waals surface area contributed by atoms with E-state index in [0.717, 1.165) is 6.54 Å². The van der Waals surface area contributed by atoms with Gasteiger partial charge in [0.2, 0.25) is 0 Å². The van der Waals surface area contributed by atoms with E-state index in [1.807, 2.05) is 11.8 Å². The van der Waals surface area contributed by atoms with Gasteiger partial charge in [-0.3, -0.25) is 4.99 Å². The van der Waals surface area contributed by atoms with Crippen LogP contribution in [0.15, 0.2) is 4.99 Å². The Balaban J connectivity index is 1.81. The molecule has 2 rings (SSSR count). The fraction of sp³-hybridized carbons (Fsp3) is 0.909. The summed E-state index contributed by atoms with van der Waals surface area (Å²) in [4.78, 5) is 4.68. The van der Waals surface area contributed by atoms with Crippen molar-refractivity contribution in [2.75, 3.05) is 12.3 Å². The van der Waals surface area contributed by atoms with Gasteiger partial charge in [-0.2, -0.15) is 0 Å². The highest BCUT2D eigenvalue weighted by Crippen LogP contribution is 2.40. The van der Waals surface area contributed by atoms with Crippen LogP contribution in [0.1, 0.15) is 39.5 Å². The minimum Gasteiger partial charge on any atom is -0.361 e. The van der Waals surface area contributed by atoms with Gasteiger partial charge in [-0.05, 0) is 24.7 Å². The monoisotopic (exact) mass is 212 g/mol. The van der Waals surface area contributed by atoms with Gasteiger partial charge >= 0.3 is 0 Å². The summed E-state index contributed by atoms with van der Waals surface area (Å²) < 4.78 is 0. The Hall–Kier alpha value is -0.180. The number of hydrogen-bond donors (Lipinski definition) is 1. The van der Waals surface area contributed by atoms with Crippen molar-refractivity contribution in [3.05, 3.63) is 0 Å². The fourth-order valence-electron chi connectivity index (χ4n) is 1.95. The number of hydrogen-bond acceptors (Lipinski definition) is 2. The molecular weight excluding hydrogens is 192 g/mol. The normalized spacial score (nSPS) is 32.7. The maximum Gasteiger partial charge on any atom is 0.156 e. The lowest BCUT2D eigenvalue weighted by atomic mass is 9.71. The largest absolute Gasteiger partial charge is 0.361 e. The molecule has 0 bridgehead atoms. The van der Waals surface area contributed by atoms with Crippen LogP contribution in [0, 0.1) is 5.41 Å². The van der Waals surface area contributed by atoms with Crippen LogP contribution < -0.4 is 5.32 Å². The van der Waals surface area contributed by atoms with Crippen molar-refractivity contribution in [3.8, 4) is 0 Å². The van der Waals surface area contributed by atoms with Crippen molar-refractivity contribution in [2.24, 2.45) is 10.4 Å². The molecule has 1 saturated carbocycles. The average Bonchev–Trinajstić information content (AvgIpc) is 2.59. The van der Waals surface area contributed by atoms with Gasteiger partial charge in [-0.15, -0.1) is 0 Å². The van der Waals surface area contributed by atoms with Crippen molar-refractivity contribution < 1.29 is 0 Å². The SMILES string of the molecule is CCC1CSC(=NCC2(C)CCC2)N1. The maximum absolute atomic E-state index is 4.68. The second-order valence-corrected chi connectivity index (χ2v) is 5.85. The van der Waals surface area contributed by atoms with Crippen LogP contribution in [0.4, 0.5) is 0 Å². The van der Waals surface area contributed by atoms with E-state index in [9.17, 15) is 0 Å². The van der Waals surface area contributed by atoms with E-state index in [2.05, 4.69) is 24.2 Å². The number of amidine groups is 1. The number of aliphatic imine (C=N–C) groups is 1. The van der Waals surface area contributed by atoms with Gasteiger partial charge in [0, 0.05) is 18.3 Å². The van der Waals surface area contributed by atoms with Gasteiger partial charge in [0.05, 0.1) is 0 Å². The highest BCUT2D eigenvalue weighted by atomic mass is 32.2. The molecule has 0 aromatic heterocycles. The van der Waals surface area contributed by atoms with Gasteiger partial charge in [-0.1, -0.05) is 32.0 Å². The third-order valence-electron chi connectivity index (χ3n) is 3.41. The van der Waals surface area contributed by atoms with Crippen LogP contribution in [0.2, 0.25) is 0 Å². The lowest BCUT2D eigenvalue weighted by Gasteiger charge is -2.36. The van der Waals surface area contributed by atoms with E-state index in [4.69, 9.17) is 0 Å². The van der Waals surface area contributed by atoms with Crippen molar-refractivity contribution in [2.45, 2.75) is 45.6 Å². The molecule has 0 amide bonds. The van der Waals surface area contributed by atoms with Gasteiger partial charge in [0.15, 0.2) is 5.17 Å². The fourth-order valence-corrected chi connectivity index (χ4v) is 3.03. The molecule has 2 aliphatic rings. The van der Waals surface area contributed by atoms with Crippen LogP contribution in [0.5, 0.6) is 0 Å². The molecule has 1 saturated heterocycles. The molecule has 3 heteroatoms. The minimum atomic E-state index is 0.527. The summed E-state index contributed by atoms with van der Waals surface area (Å²) in [7, 11) is 0. The van der Waals surface area contributed by atoms with Crippen LogP contribution in [0.25, 0.3) is 0 Å². The molecule has 0 aromatic rings. The molecule has 2 nitrogen and oxygen atoms in total. The lowest BCUT2D eigenvalue weighted by Crippen LogP contribution is -2.31. The first-order valence-electron chi connectivity index (χ1n) is 5.66. The molecule has 80 valence electrons. The average molecular weight is 212 g/mol. The van der Waals surface area contributed by atoms with Gasteiger partial charge < -0.3 is 5.32 Å². The Morgan fingerprint density at radius 3 is 2.86 bits per heavy atom. The van der Waals surface area contributed by atoms with Crippen LogP contribution >= 0.6 is 11.8 Å². The molecule has 1 aliphatic heterocycles. The summed E-state index contributed by atoms with van der Waals surface area (Å²) >= 11 is 1.89. The number of nitrogens with one attached hydrogen (secondary N) is 1. The predicted octanol–water partition coefficient (Wildman–Crippen LogP) is 2.65. The number of rotatable bonds is 3. The van der Waals surface area contributed by atoms with E-state index >= 15 is 0 Å². The second kappa shape index (κ2) is 4.13. The summed E-state index contributed by atoms with van der Waals surface area (Å²) in [5, 5.41) is 4.66. The summed E-state index contributed by atoms with van der Waals surface area (Å²) in [5.41, 5.74) is 0.527. The van der Waals surface area contributed by atoms with E-state index in [0.29, 0.717) is 11.5 Å². The van der Waals surface area contributed by atoms with Crippen molar-refractivity contribution in [1.29, 1.82) is 0 Å². The summed E-state index contributed by atoms with van der Waals surface area (Å²) in [6.45, 7) is 5.62. The van der Waals surface area contributed by atoms with Crippen molar-refractivity contribution in [1.82, 2.24) is 5.32 Å². The zero-order valence-corrected chi connectivity index (χ0v) is 9.99. The molecule has 1 unspecified atom stereocenters. The minimum absolute atomic E-state index is 0.527. The second-order valence-electron chi connectivity index (χ2n) is 4.85. The number of thioether (sulfide) groups is 1. The molecule has 14 heavy (non-hydrogen) atoms. The molecule has 0 aromatic carbocycles. The molecule has 0 radical (unpaired) electrons. The Labute approximate surface area is 90.9 Å². The molecule has 2 fully saturated rings. The molecule has 1 aliphatic carbocycles. The standard InChI is InChI=1S/C11H20N2S/c1-3-9-7-14-10(13-9)12-8-11(2)5-4-6-11/h9H,3-8H2,1-2H3,(H,12,13). The van der Waals surface area contributed by atoms with Gasteiger partial charge in [-0.25, -0.2) is 0 Å². The zero-order valence-electron chi connectivity index (χ0n) is 9.18. The van der Waals surface area contributed by atoms with Crippen molar-refractivity contribution >= 4 is 16.9 Å². The third-order valence-corrected chi connectivity index (χ3v) is 4.50. The van der Waals surface area contributed by atoms with Crippen molar-refractivity contribution in [3.63, 3.8) is 0 Å². The Bertz CT molecular complexity index is 233. The highest BCUT2D eigenvalue weighted by molar-refractivity contribution is 8.14. The highest BCUT2D eigenvalue weighted by Gasteiger charge is 2.31. The summed E-state index contributed by atoms with van der Waals surface area (Å²) in [5.74, 6) is 1.20. The quantitative estimate of drug-likeness (QED) is 0.778. The van der Waals surface area contributed by atoms with Gasteiger partial charge in [0.1, 0.15) is 0 Å². The van der Waals surface area contributed by atoms with E-state index < -0.39 is 0 Å². The lowest BCUT2D eigenvalue weighted by molar-refractivity contribution is 0.174. The van der Waals surface area contributed by atoms with Crippen LogP contribution in [-0.4, -0.2) is 23.5 Å². The maximum atomic E-state index is 4.68. The van der Waals surface area contributed by atoms with E-state index in [1.54, 1.807) is 0 Å². The van der Waals surface area contributed by atoms with E-state index in [-0.39, 0.29) is 0 Å². The van der Waals surface area contributed by atoms with Crippen LogP contribution in [-0.2, 0) is 0 Å². The smallest absolute Gasteiger partial charge is 0.156 e. The van der Waals surface area contributed by atoms with Gasteiger partial charge in [0.25, 0.3) is 0 Å². The molecule has 1 heterocycles. The van der Waals surface area contributed by atoms with E-state index in [1.165, 1.54) is 36.6 Å². The molecule has 1 N–H and O–H groups in total. The summed E-state index contributed by atoms with van der Waals surface area (Å²) in [6, 6.07) is 0.660. The molecular formula is C11H20N2S. The zero-order chi connectivity index (χ0) is 10.0. The first kappa shape index (κ1) is 10.3. The molecule has 0 spiro atoms. The first-order chi connectivity index (χ1) is 6.72. The molecule has 1 atom stereocenters. The summed E-state index contributed by atoms with van der Waals surface area (Å²) in [6.07, 6.45) is 5.35. The topological polar surface area (TPSA) is 24.4 Å². The Morgan fingerprint density at radius 2 is 2.36 bits per heavy atom. The van der Waals surface area contributed by atoms with Crippen LogP contribution in [0.3, 0.4) is 0 Å².